The summed E-state index contributed by atoms with van der Waals surface area (Å²) in [6, 6.07) is 0. The summed E-state index contributed by atoms with van der Waals surface area (Å²) in [4.78, 5) is 0. The van der Waals surface area contributed by atoms with Crippen molar-refractivity contribution < 1.29 is 9.84 Å². The normalized spacial score (nSPS) is 14.8. The van der Waals surface area contributed by atoms with Crippen molar-refractivity contribution in [3.8, 4) is 0 Å². The minimum absolute atomic E-state index is 0.370. The van der Waals surface area contributed by atoms with Crippen molar-refractivity contribution in [2.24, 2.45) is 5.92 Å². The van der Waals surface area contributed by atoms with Crippen molar-refractivity contribution in [3.05, 3.63) is 0 Å². The highest BCUT2D eigenvalue weighted by Crippen LogP contribution is 1.99. The molecule has 0 aliphatic rings. The van der Waals surface area contributed by atoms with E-state index < -0.39 is 0 Å². The lowest BCUT2D eigenvalue weighted by atomic mass is 10.1. The molecule has 2 unspecified atom stereocenters. The van der Waals surface area contributed by atoms with Gasteiger partial charge in [0.15, 0.2) is 0 Å². The summed E-state index contributed by atoms with van der Waals surface area (Å²) < 4.78 is 5.44. The quantitative estimate of drug-likeness (QED) is 0.519. The number of unbranched alkanes of at least 4 members (excludes halogenated alkanes) is 3. The number of aliphatic hydroxyl groups excluding tert-OH is 1. The standard InChI is InChI=1S/C14H31NO2/c1-4-6-7-8-9-17-12-14(16)11-15-10-13(3)5-2/h13-16H,4-12H2,1-3H3. The Bertz CT molecular complexity index is 153. The Morgan fingerprint density at radius 3 is 2.53 bits per heavy atom. The third-order valence-corrected chi connectivity index (χ3v) is 3.02. The summed E-state index contributed by atoms with van der Waals surface area (Å²) in [6.45, 7) is 9.45. The van der Waals surface area contributed by atoms with Crippen LogP contribution in [0.3, 0.4) is 0 Å². The van der Waals surface area contributed by atoms with E-state index in [1.165, 1.54) is 25.7 Å². The molecule has 0 spiro atoms. The Kier molecular flexibility index (Phi) is 12.3. The maximum atomic E-state index is 9.65. The number of hydrogen-bond donors (Lipinski definition) is 2. The fraction of sp³-hybridized carbons (Fsp3) is 1.00. The molecule has 0 aromatic carbocycles. The highest BCUT2D eigenvalue weighted by molar-refractivity contribution is 4.61. The van der Waals surface area contributed by atoms with E-state index in [0.717, 1.165) is 19.6 Å². The summed E-state index contributed by atoms with van der Waals surface area (Å²) >= 11 is 0. The molecule has 0 saturated heterocycles. The van der Waals surface area contributed by atoms with Gasteiger partial charge in [-0.2, -0.15) is 0 Å². The largest absolute Gasteiger partial charge is 0.389 e. The first kappa shape index (κ1) is 16.9. The van der Waals surface area contributed by atoms with E-state index in [2.05, 4.69) is 26.1 Å². The molecule has 3 nitrogen and oxygen atoms in total. The van der Waals surface area contributed by atoms with Crippen LogP contribution in [0, 0.1) is 5.92 Å². The van der Waals surface area contributed by atoms with Crippen molar-refractivity contribution in [2.75, 3.05) is 26.3 Å². The molecule has 2 atom stereocenters. The lowest BCUT2D eigenvalue weighted by Crippen LogP contribution is -2.33. The van der Waals surface area contributed by atoms with E-state index in [-0.39, 0.29) is 6.10 Å². The number of hydrogen-bond acceptors (Lipinski definition) is 3. The Morgan fingerprint density at radius 1 is 1.12 bits per heavy atom. The van der Waals surface area contributed by atoms with Crippen LogP contribution in [-0.2, 0) is 4.74 Å². The smallest absolute Gasteiger partial charge is 0.0897 e. The lowest BCUT2D eigenvalue weighted by Gasteiger charge is -2.14. The maximum Gasteiger partial charge on any atom is 0.0897 e. The first-order valence-electron chi connectivity index (χ1n) is 7.17. The van der Waals surface area contributed by atoms with E-state index in [1.807, 2.05) is 0 Å². The molecule has 0 aliphatic heterocycles. The fourth-order valence-electron chi connectivity index (χ4n) is 1.55. The Balaban J connectivity index is 3.20. The van der Waals surface area contributed by atoms with Crippen LogP contribution < -0.4 is 5.32 Å². The Morgan fingerprint density at radius 2 is 1.88 bits per heavy atom. The van der Waals surface area contributed by atoms with Gasteiger partial charge >= 0.3 is 0 Å². The third kappa shape index (κ3) is 12.1. The second kappa shape index (κ2) is 12.3. The summed E-state index contributed by atoms with van der Waals surface area (Å²) in [5, 5.41) is 12.9. The van der Waals surface area contributed by atoms with E-state index >= 15 is 0 Å². The molecule has 0 rings (SSSR count). The zero-order valence-corrected chi connectivity index (χ0v) is 11.9. The van der Waals surface area contributed by atoms with Crippen LogP contribution in [-0.4, -0.2) is 37.5 Å². The minimum Gasteiger partial charge on any atom is -0.389 e. The molecule has 0 bridgehead atoms. The van der Waals surface area contributed by atoms with Crippen molar-refractivity contribution in [2.45, 2.75) is 59.0 Å². The van der Waals surface area contributed by atoms with Gasteiger partial charge in [-0.3, -0.25) is 0 Å². The molecular weight excluding hydrogens is 214 g/mol. The molecule has 0 amide bonds. The van der Waals surface area contributed by atoms with Crippen molar-refractivity contribution in [1.29, 1.82) is 0 Å². The van der Waals surface area contributed by atoms with Crippen LogP contribution in [0.4, 0.5) is 0 Å². The third-order valence-electron chi connectivity index (χ3n) is 3.02. The van der Waals surface area contributed by atoms with Gasteiger partial charge in [-0.1, -0.05) is 46.5 Å². The fourth-order valence-corrected chi connectivity index (χ4v) is 1.55. The lowest BCUT2D eigenvalue weighted by molar-refractivity contribution is 0.0351. The SMILES string of the molecule is CCCCCCOCC(O)CNCC(C)CC. The zero-order valence-electron chi connectivity index (χ0n) is 11.9. The van der Waals surface area contributed by atoms with Crippen LogP contribution >= 0.6 is 0 Å². The van der Waals surface area contributed by atoms with Gasteiger partial charge in [0, 0.05) is 13.2 Å². The van der Waals surface area contributed by atoms with Gasteiger partial charge in [-0.05, 0) is 18.9 Å². The molecule has 2 N–H and O–H groups in total. The van der Waals surface area contributed by atoms with Gasteiger partial charge in [-0.15, -0.1) is 0 Å². The van der Waals surface area contributed by atoms with Crippen molar-refractivity contribution >= 4 is 0 Å². The van der Waals surface area contributed by atoms with Crippen molar-refractivity contribution in [3.63, 3.8) is 0 Å². The molecule has 3 heteroatoms. The van der Waals surface area contributed by atoms with Gasteiger partial charge in [-0.25, -0.2) is 0 Å². The highest BCUT2D eigenvalue weighted by Gasteiger charge is 2.04. The molecule has 0 heterocycles. The molecule has 17 heavy (non-hydrogen) atoms. The summed E-state index contributed by atoms with van der Waals surface area (Å²) in [6.07, 6.45) is 5.69. The molecule has 0 aromatic rings. The molecular formula is C14H31NO2. The average Bonchev–Trinajstić information content (AvgIpc) is 2.33. The molecule has 0 saturated carbocycles. The molecule has 0 aliphatic carbocycles. The average molecular weight is 245 g/mol. The number of nitrogens with one attached hydrogen (secondary N) is 1. The van der Waals surface area contributed by atoms with Gasteiger partial charge in [0.25, 0.3) is 0 Å². The molecule has 104 valence electrons. The zero-order chi connectivity index (χ0) is 12.9. The van der Waals surface area contributed by atoms with Crippen LogP contribution in [0.2, 0.25) is 0 Å². The second-order valence-electron chi connectivity index (χ2n) is 4.96. The second-order valence-corrected chi connectivity index (χ2v) is 4.96. The van der Waals surface area contributed by atoms with E-state index in [4.69, 9.17) is 4.74 Å². The van der Waals surface area contributed by atoms with Crippen LogP contribution in [0.5, 0.6) is 0 Å². The molecule has 0 aromatic heterocycles. The monoisotopic (exact) mass is 245 g/mol. The number of ether oxygens (including phenoxy) is 1. The predicted octanol–water partition coefficient (Wildman–Crippen LogP) is 2.58. The van der Waals surface area contributed by atoms with Gasteiger partial charge in [0.05, 0.1) is 12.7 Å². The molecule has 0 fully saturated rings. The van der Waals surface area contributed by atoms with Gasteiger partial charge < -0.3 is 15.2 Å². The molecule has 0 radical (unpaired) electrons. The minimum atomic E-state index is -0.370. The Labute approximate surface area is 107 Å². The summed E-state index contributed by atoms with van der Waals surface area (Å²) in [5.41, 5.74) is 0. The van der Waals surface area contributed by atoms with Gasteiger partial charge in [0.1, 0.15) is 0 Å². The summed E-state index contributed by atoms with van der Waals surface area (Å²) in [5.74, 6) is 0.678. The van der Waals surface area contributed by atoms with Crippen LogP contribution in [0.15, 0.2) is 0 Å². The van der Waals surface area contributed by atoms with Crippen molar-refractivity contribution in [1.82, 2.24) is 5.32 Å². The van der Waals surface area contributed by atoms with Gasteiger partial charge in [0.2, 0.25) is 0 Å². The van der Waals surface area contributed by atoms with E-state index in [1.54, 1.807) is 0 Å². The number of rotatable bonds is 12. The summed E-state index contributed by atoms with van der Waals surface area (Å²) in [7, 11) is 0. The first-order chi connectivity index (χ1) is 8.20. The van der Waals surface area contributed by atoms with E-state index in [0.29, 0.717) is 19.1 Å². The van der Waals surface area contributed by atoms with E-state index in [9.17, 15) is 5.11 Å². The Hall–Kier alpha value is -0.120. The first-order valence-corrected chi connectivity index (χ1v) is 7.17. The predicted molar refractivity (Wildman–Crippen MR) is 73.3 cm³/mol. The maximum absolute atomic E-state index is 9.65. The van der Waals surface area contributed by atoms with Crippen LogP contribution in [0.25, 0.3) is 0 Å². The number of aliphatic hydroxyl groups is 1. The van der Waals surface area contributed by atoms with Crippen LogP contribution in [0.1, 0.15) is 52.9 Å². The topological polar surface area (TPSA) is 41.5 Å². The highest BCUT2D eigenvalue weighted by atomic mass is 16.5.